The molecule has 3 heterocycles. The van der Waals surface area contributed by atoms with Gasteiger partial charge in [0.05, 0.1) is 23.9 Å². The van der Waals surface area contributed by atoms with Crippen LogP contribution in [0.2, 0.25) is 0 Å². The van der Waals surface area contributed by atoms with Gasteiger partial charge in [0.25, 0.3) is 5.91 Å². The number of piperidine rings is 1. The lowest BCUT2D eigenvalue weighted by Crippen LogP contribution is -2.46. The predicted octanol–water partition coefficient (Wildman–Crippen LogP) is 3.28. The highest BCUT2D eigenvalue weighted by molar-refractivity contribution is 6.01. The van der Waals surface area contributed by atoms with Crippen molar-refractivity contribution in [2.24, 2.45) is 0 Å². The summed E-state index contributed by atoms with van der Waals surface area (Å²) in [6.45, 7) is 3.19. The first kappa shape index (κ1) is 20.7. The number of halogens is 1. The van der Waals surface area contributed by atoms with E-state index in [9.17, 15) is 14.0 Å². The Bertz CT molecular complexity index is 1060. The average Bonchev–Trinajstić information content (AvgIpc) is 3.15. The molecular weight excluding hydrogens is 407 g/mol. The fourth-order valence-corrected chi connectivity index (χ4v) is 5.05. The Morgan fingerprint density at radius 3 is 2.50 bits per heavy atom. The molecule has 1 saturated heterocycles. The Hall–Kier alpha value is -3.19. The third-order valence-corrected chi connectivity index (χ3v) is 6.82. The number of amides is 3. The number of carbonyl (C=O) groups is 2. The summed E-state index contributed by atoms with van der Waals surface area (Å²) in [6, 6.07) is 15.8. The smallest absolute Gasteiger partial charge is 0.322 e. The first-order valence-corrected chi connectivity index (χ1v) is 11.1. The van der Waals surface area contributed by atoms with Crippen LogP contribution in [-0.2, 0) is 11.3 Å². The zero-order chi connectivity index (χ0) is 22.2. The number of likely N-dealkylation sites (tertiary alicyclic amines) is 1. The molecule has 0 bridgehead atoms. The van der Waals surface area contributed by atoms with E-state index in [4.69, 9.17) is 0 Å². The lowest BCUT2D eigenvalue weighted by molar-refractivity contribution is -0.128. The van der Waals surface area contributed by atoms with Crippen LogP contribution in [-0.4, -0.2) is 59.4 Å². The monoisotopic (exact) mass is 434 g/mol. The van der Waals surface area contributed by atoms with Crippen molar-refractivity contribution in [1.82, 2.24) is 20.0 Å². The summed E-state index contributed by atoms with van der Waals surface area (Å²) >= 11 is 0. The summed E-state index contributed by atoms with van der Waals surface area (Å²) < 4.78 is 13.9. The van der Waals surface area contributed by atoms with Gasteiger partial charge in [0, 0.05) is 32.7 Å². The highest BCUT2D eigenvalue weighted by Gasteiger charge is 2.45. The lowest BCUT2D eigenvalue weighted by atomic mass is 9.95. The quantitative estimate of drug-likeness (QED) is 0.804. The van der Waals surface area contributed by atoms with E-state index >= 15 is 0 Å². The molecule has 1 unspecified atom stereocenters. The van der Waals surface area contributed by atoms with Crippen molar-refractivity contribution in [3.63, 3.8) is 0 Å². The minimum absolute atomic E-state index is 0.0531. The van der Waals surface area contributed by atoms with Crippen molar-refractivity contribution in [2.45, 2.75) is 31.5 Å². The number of rotatable bonds is 4. The van der Waals surface area contributed by atoms with Gasteiger partial charge in [-0.3, -0.25) is 14.6 Å². The van der Waals surface area contributed by atoms with Gasteiger partial charge in [-0.2, -0.15) is 0 Å². The van der Waals surface area contributed by atoms with Crippen LogP contribution in [0.25, 0.3) is 0 Å². The van der Waals surface area contributed by atoms with Gasteiger partial charge < -0.3 is 10.2 Å². The van der Waals surface area contributed by atoms with Crippen LogP contribution >= 0.6 is 0 Å². The van der Waals surface area contributed by atoms with E-state index in [-0.39, 0.29) is 23.8 Å². The van der Waals surface area contributed by atoms with Crippen molar-refractivity contribution >= 4 is 11.9 Å². The minimum Gasteiger partial charge on any atom is -0.330 e. The molecule has 3 amide bonds. The Labute approximate surface area is 187 Å². The first-order valence-electron chi connectivity index (χ1n) is 11.1. The summed E-state index contributed by atoms with van der Waals surface area (Å²) in [5, 5.41) is 2.88. The summed E-state index contributed by atoms with van der Waals surface area (Å²) in [5.74, 6) is -0.437. The van der Waals surface area contributed by atoms with Gasteiger partial charge in [0.2, 0.25) is 0 Å². The SMILES string of the molecule is CN1C(=O)NC(c2cccc(F)c2)C2=C1CN(C1CCN(Cc3ccccc3)CC1)C2=O. The molecule has 3 aliphatic rings. The number of benzene rings is 2. The Kier molecular flexibility index (Phi) is 5.43. The summed E-state index contributed by atoms with van der Waals surface area (Å²) in [5.41, 5.74) is 3.17. The molecule has 0 radical (unpaired) electrons. The Morgan fingerprint density at radius 2 is 1.78 bits per heavy atom. The molecule has 5 rings (SSSR count). The van der Waals surface area contributed by atoms with Crippen LogP contribution in [0.15, 0.2) is 65.9 Å². The van der Waals surface area contributed by atoms with Gasteiger partial charge in [0.15, 0.2) is 0 Å². The van der Waals surface area contributed by atoms with Gasteiger partial charge in [-0.05, 0) is 36.1 Å². The second kappa shape index (κ2) is 8.39. The maximum absolute atomic E-state index is 13.9. The standard InChI is InChI=1S/C25H27FN4O2/c1-28-21-16-30(20-10-12-29(13-11-20)15-17-6-3-2-4-7-17)24(31)22(21)23(27-25(28)32)18-8-5-9-19(26)14-18/h2-9,14,20,23H,10-13,15-16H2,1H3,(H,27,32). The van der Waals surface area contributed by atoms with Crippen molar-refractivity contribution < 1.29 is 14.0 Å². The van der Waals surface area contributed by atoms with E-state index in [0.29, 0.717) is 17.7 Å². The number of hydrogen-bond acceptors (Lipinski definition) is 3. The summed E-state index contributed by atoms with van der Waals surface area (Å²) in [4.78, 5) is 31.9. The lowest BCUT2D eigenvalue weighted by Gasteiger charge is -2.37. The maximum atomic E-state index is 13.9. The Balaban J connectivity index is 1.31. The van der Waals surface area contributed by atoms with Gasteiger partial charge in [-0.15, -0.1) is 0 Å². The molecule has 1 atom stereocenters. The second-order valence-corrected chi connectivity index (χ2v) is 8.78. The van der Waals surface area contributed by atoms with Crippen LogP contribution in [0.4, 0.5) is 9.18 Å². The fraction of sp³-hybridized carbons (Fsp3) is 0.360. The molecule has 6 nitrogen and oxygen atoms in total. The molecule has 3 aliphatic heterocycles. The normalized spacial score (nSPS) is 22.4. The van der Waals surface area contributed by atoms with Crippen molar-refractivity contribution in [1.29, 1.82) is 0 Å². The summed E-state index contributed by atoms with van der Waals surface area (Å²) in [6.07, 6.45) is 1.80. The number of nitrogens with one attached hydrogen (secondary N) is 1. The number of hydrogen-bond donors (Lipinski definition) is 1. The van der Waals surface area contributed by atoms with E-state index in [2.05, 4.69) is 34.5 Å². The molecule has 1 N–H and O–H groups in total. The van der Waals surface area contributed by atoms with E-state index in [1.54, 1.807) is 19.2 Å². The van der Waals surface area contributed by atoms with Crippen LogP contribution < -0.4 is 5.32 Å². The molecule has 2 aromatic rings. The van der Waals surface area contributed by atoms with Gasteiger partial charge in [0.1, 0.15) is 5.82 Å². The maximum Gasteiger partial charge on any atom is 0.322 e. The molecule has 7 heteroatoms. The summed E-state index contributed by atoms with van der Waals surface area (Å²) in [7, 11) is 1.69. The van der Waals surface area contributed by atoms with Crippen molar-refractivity contribution in [3.8, 4) is 0 Å². The van der Waals surface area contributed by atoms with Crippen LogP contribution in [0.3, 0.4) is 0 Å². The van der Waals surface area contributed by atoms with Crippen LogP contribution in [0, 0.1) is 5.82 Å². The van der Waals surface area contributed by atoms with Gasteiger partial charge in [-0.25, -0.2) is 9.18 Å². The minimum atomic E-state index is -0.625. The van der Waals surface area contributed by atoms with Crippen LogP contribution in [0.5, 0.6) is 0 Å². The highest BCUT2D eigenvalue weighted by Crippen LogP contribution is 2.37. The van der Waals surface area contributed by atoms with Gasteiger partial charge in [-0.1, -0.05) is 42.5 Å². The third kappa shape index (κ3) is 3.77. The van der Waals surface area contributed by atoms with Gasteiger partial charge >= 0.3 is 6.03 Å². The topological polar surface area (TPSA) is 55.9 Å². The number of likely N-dealkylation sites (N-methyl/N-ethyl adjacent to an activating group) is 1. The molecular formula is C25H27FN4O2. The zero-order valence-corrected chi connectivity index (χ0v) is 18.1. The van der Waals surface area contributed by atoms with E-state index < -0.39 is 6.04 Å². The predicted molar refractivity (Wildman–Crippen MR) is 119 cm³/mol. The third-order valence-electron chi connectivity index (χ3n) is 6.82. The molecule has 0 aliphatic carbocycles. The highest BCUT2D eigenvalue weighted by atomic mass is 19.1. The molecule has 32 heavy (non-hydrogen) atoms. The zero-order valence-electron chi connectivity index (χ0n) is 18.1. The molecule has 0 aromatic heterocycles. The first-order chi connectivity index (χ1) is 15.5. The molecule has 166 valence electrons. The number of urea groups is 1. The van der Waals surface area contributed by atoms with E-state index in [0.717, 1.165) is 38.2 Å². The Morgan fingerprint density at radius 1 is 1.03 bits per heavy atom. The molecule has 2 aromatic carbocycles. The average molecular weight is 435 g/mol. The second-order valence-electron chi connectivity index (χ2n) is 8.78. The van der Waals surface area contributed by atoms with E-state index in [1.807, 2.05) is 11.0 Å². The fourth-order valence-electron chi connectivity index (χ4n) is 5.05. The van der Waals surface area contributed by atoms with E-state index in [1.165, 1.54) is 22.6 Å². The van der Waals surface area contributed by atoms with Crippen molar-refractivity contribution in [3.05, 3.63) is 82.8 Å². The van der Waals surface area contributed by atoms with Crippen molar-refractivity contribution in [2.75, 3.05) is 26.7 Å². The molecule has 0 spiro atoms. The molecule has 1 fully saturated rings. The number of carbonyl (C=O) groups excluding carboxylic acids is 2. The largest absolute Gasteiger partial charge is 0.330 e. The number of nitrogens with zero attached hydrogens (tertiary/aromatic N) is 3. The van der Waals surface area contributed by atoms with Crippen LogP contribution in [0.1, 0.15) is 30.0 Å². The molecule has 0 saturated carbocycles.